The molecule has 24 heavy (non-hydrogen) atoms. The third-order valence-corrected chi connectivity index (χ3v) is 6.08. The molecule has 1 atom stereocenters. The Morgan fingerprint density at radius 1 is 1.08 bits per heavy atom. The number of aliphatic hydroxyl groups excluding tert-OH is 1. The predicted octanol–water partition coefficient (Wildman–Crippen LogP) is 3.10. The Labute approximate surface area is 147 Å². The number of aliphatic hydroxyl groups is 1. The second-order valence-corrected chi connectivity index (χ2v) is 8.25. The van der Waals surface area contributed by atoms with Crippen molar-refractivity contribution in [1.29, 1.82) is 0 Å². The number of benzene rings is 2. The Bertz CT molecular complexity index is 858. The summed E-state index contributed by atoms with van der Waals surface area (Å²) in [6.45, 7) is 2.17. The van der Waals surface area contributed by atoms with Crippen molar-refractivity contribution in [2.24, 2.45) is 0 Å². The summed E-state index contributed by atoms with van der Waals surface area (Å²) >= 11 is 5.90. The van der Waals surface area contributed by atoms with Gasteiger partial charge in [0.2, 0.25) is 10.0 Å². The van der Waals surface area contributed by atoms with E-state index in [-0.39, 0.29) is 18.0 Å². The molecular weight excluding hydrogens is 346 g/mol. The van der Waals surface area contributed by atoms with Gasteiger partial charge in [0.1, 0.15) is 0 Å². The molecule has 0 spiro atoms. The van der Waals surface area contributed by atoms with Gasteiger partial charge in [0, 0.05) is 18.1 Å². The Kier molecular flexibility index (Phi) is 4.78. The smallest absolute Gasteiger partial charge is 0.243 e. The van der Waals surface area contributed by atoms with Gasteiger partial charge < -0.3 is 5.11 Å². The van der Waals surface area contributed by atoms with Gasteiger partial charge in [0.15, 0.2) is 0 Å². The molecule has 1 heterocycles. The van der Waals surface area contributed by atoms with E-state index in [0.29, 0.717) is 5.02 Å². The molecule has 1 unspecified atom stereocenters. The van der Waals surface area contributed by atoms with Crippen molar-refractivity contribution >= 4 is 27.2 Å². The summed E-state index contributed by atoms with van der Waals surface area (Å²) in [7, 11) is -3.65. The number of rotatable bonds is 3. The van der Waals surface area contributed by atoms with Crippen LogP contribution in [0, 0.1) is 6.92 Å². The van der Waals surface area contributed by atoms with Gasteiger partial charge in [-0.15, -0.1) is 0 Å². The maximum atomic E-state index is 12.8. The lowest BCUT2D eigenvalue weighted by molar-refractivity contribution is 0.186. The van der Waals surface area contributed by atoms with Crippen LogP contribution in [-0.2, 0) is 10.0 Å². The van der Waals surface area contributed by atoms with Crippen LogP contribution in [0.5, 0.6) is 0 Å². The minimum atomic E-state index is -3.65. The van der Waals surface area contributed by atoms with Crippen LogP contribution >= 0.6 is 11.6 Å². The fourth-order valence-corrected chi connectivity index (χ4v) is 4.26. The molecule has 0 saturated heterocycles. The van der Waals surface area contributed by atoms with Crippen LogP contribution in [0.25, 0.3) is 5.57 Å². The van der Waals surface area contributed by atoms with Crippen LogP contribution in [0.1, 0.15) is 11.1 Å². The second-order valence-electron chi connectivity index (χ2n) is 5.88. The number of hydrogen-bond acceptors (Lipinski definition) is 3. The molecule has 0 bridgehead atoms. The Balaban J connectivity index is 1.91. The Morgan fingerprint density at radius 3 is 2.33 bits per heavy atom. The quantitative estimate of drug-likeness (QED) is 0.911. The van der Waals surface area contributed by atoms with Crippen LogP contribution in [-0.4, -0.2) is 37.0 Å². The van der Waals surface area contributed by atoms with E-state index in [2.05, 4.69) is 0 Å². The van der Waals surface area contributed by atoms with Gasteiger partial charge in [-0.1, -0.05) is 41.4 Å². The van der Waals surface area contributed by atoms with Crippen LogP contribution in [0.15, 0.2) is 59.5 Å². The summed E-state index contributed by atoms with van der Waals surface area (Å²) < 4.78 is 27.0. The molecule has 6 heteroatoms. The summed E-state index contributed by atoms with van der Waals surface area (Å²) in [5.41, 5.74) is 2.61. The number of aryl methyl sites for hydroxylation is 1. The number of nitrogens with zero attached hydrogens (tertiary/aromatic N) is 1. The van der Waals surface area contributed by atoms with Gasteiger partial charge in [0.05, 0.1) is 11.0 Å². The average molecular weight is 364 g/mol. The highest BCUT2D eigenvalue weighted by Gasteiger charge is 2.30. The highest BCUT2D eigenvalue weighted by Crippen LogP contribution is 2.27. The summed E-state index contributed by atoms with van der Waals surface area (Å²) in [5.74, 6) is 0. The van der Waals surface area contributed by atoms with Crippen molar-refractivity contribution in [2.45, 2.75) is 17.9 Å². The van der Waals surface area contributed by atoms with E-state index in [1.165, 1.54) is 4.31 Å². The SMILES string of the molecule is Cc1ccc(S(=O)(=O)N2CC(c3ccc(Cl)cc3)=CC(O)C2)cc1. The average Bonchev–Trinajstić information content (AvgIpc) is 2.55. The predicted molar refractivity (Wildman–Crippen MR) is 95.4 cm³/mol. The third-order valence-electron chi connectivity index (χ3n) is 4.00. The first-order chi connectivity index (χ1) is 11.4. The molecule has 1 N–H and O–H groups in total. The van der Waals surface area contributed by atoms with E-state index in [1.54, 1.807) is 42.5 Å². The number of sulfonamides is 1. The van der Waals surface area contributed by atoms with Gasteiger partial charge in [-0.05, 0) is 48.4 Å². The van der Waals surface area contributed by atoms with E-state index in [9.17, 15) is 13.5 Å². The monoisotopic (exact) mass is 363 g/mol. The highest BCUT2D eigenvalue weighted by molar-refractivity contribution is 7.89. The van der Waals surface area contributed by atoms with Crippen LogP contribution in [0.3, 0.4) is 0 Å². The van der Waals surface area contributed by atoms with E-state index in [4.69, 9.17) is 11.6 Å². The molecule has 0 amide bonds. The van der Waals surface area contributed by atoms with Crippen LogP contribution in [0.4, 0.5) is 0 Å². The van der Waals surface area contributed by atoms with Gasteiger partial charge in [0.25, 0.3) is 0 Å². The molecular formula is C18H18ClNO3S. The van der Waals surface area contributed by atoms with Crippen molar-refractivity contribution in [3.63, 3.8) is 0 Å². The number of hydrogen-bond donors (Lipinski definition) is 1. The van der Waals surface area contributed by atoms with Crippen molar-refractivity contribution in [1.82, 2.24) is 4.31 Å². The van der Waals surface area contributed by atoms with Crippen molar-refractivity contribution in [2.75, 3.05) is 13.1 Å². The topological polar surface area (TPSA) is 57.6 Å². The molecule has 4 nitrogen and oxygen atoms in total. The first-order valence-corrected chi connectivity index (χ1v) is 9.39. The minimum Gasteiger partial charge on any atom is -0.388 e. The molecule has 0 aliphatic carbocycles. The molecule has 0 saturated carbocycles. The zero-order valence-electron chi connectivity index (χ0n) is 13.2. The van der Waals surface area contributed by atoms with Gasteiger partial charge in [-0.3, -0.25) is 0 Å². The summed E-state index contributed by atoms with van der Waals surface area (Å²) in [6, 6.07) is 13.9. The molecule has 2 aromatic carbocycles. The summed E-state index contributed by atoms with van der Waals surface area (Å²) in [4.78, 5) is 0.234. The third kappa shape index (κ3) is 3.54. The molecule has 0 radical (unpaired) electrons. The summed E-state index contributed by atoms with van der Waals surface area (Å²) in [6.07, 6.45) is 0.856. The van der Waals surface area contributed by atoms with Gasteiger partial charge in [-0.25, -0.2) is 8.42 Å². The normalized spacial score (nSPS) is 19.1. The van der Waals surface area contributed by atoms with Gasteiger partial charge in [-0.2, -0.15) is 4.31 Å². The van der Waals surface area contributed by atoms with Crippen molar-refractivity contribution in [3.8, 4) is 0 Å². The first-order valence-electron chi connectivity index (χ1n) is 7.58. The Hall–Kier alpha value is -1.66. The highest BCUT2D eigenvalue weighted by atomic mass is 35.5. The molecule has 0 fully saturated rings. The molecule has 2 aromatic rings. The fourth-order valence-electron chi connectivity index (χ4n) is 2.69. The molecule has 3 rings (SSSR count). The van der Waals surface area contributed by atoms with Crippen molar-refractivity contribution < 1.29 is 13.5 Å². The molecule has 1 aliphatic rings. The van der Waals surface area contributed by atoms with E-state index in [1.807, 2.05) is 19.1 Å². The second kappa shape index (κ2) is 6.69. The van der Waals surface area contributed by atoms with E-state index < -0.39 is 16.1 Å². The van der Waals surface area contributed by atoms with Crippen LogP contribution in [0.2, 0.25) is 5.02 Å². The zero-order valence-corrected chi connectivity index (χ0v) is 14.8. The zero-order chi connectivity index (χ0) is 17.3. The molecule has 0 aromatic heterocycles. The maximum absolute atomic E-state index is 12.8. The number of β-amino-alcohol motifs (C(OH)–C–C–N with tert-alkyl or cyclic N) is 1. The standard InChI is InChI=1S/C18H18ClNO3S/c1-13-2-8-18(9-3-13)24(22,23)20-11-15(10-17(21)12-20)14-4-6-16(19)7-5-14/h2-10,17,21H,11-12H2,1H3. The lowest BCUT2D eigenvalue weighted by Gasteiger charge is -2.29. The first kappa shape index (κ1) is 17.2. The van der Waals surface area contributed by atoms with E-state index >= 15 is 0 Å². The molecule has 126 valence electrons. The minimum absolute atomic E-state index is 0.0489. The van der Waals surface area contributed by atoms with Crippen LogP contribution < -0.4 is 0 Å². The summed E-state index contributed by atoms with van der Waals surface area (Å²) in [5, 5.41) is 10.7. The fraction of sp³-hybridized carbons (Fsp3) is 0.222. The van der Waals surface area contributed by atoms with Crippen molar-refractivity contribution in [3.05, 3.63) is 70.8 Å². The lowest BCUT2D eigenvalue weighted by Crippen LogP contribution is -2.41. The maximum Gasteiger partial charge on any atom is 0.243 e. The lowest BCUT2D eigenvalue weighted by atomic mass is 10.0. The van der Waals surface area contributed by atoms with Gasteiger partial charge >= 0.3 is 0 Å². The largest absolute Gasteiger partial charge is 0.388 e. The Morgan fingerprint density at radius 2 is 1.71 bits per heavy atom. The molecule has 1 aliphatic heterocycles. The van der Waals surface area contributed by atoms with E-state index in [0.717, 1.165) is 16.7 Å². The number of halogens is 1.